The molecule has 0 unspecified atom stereocenters. The third-order valence-corrected chi connectivity index (χ3v) is 7.05. The molecular formula is C31H37ClN2O2S. The molecule has 0 bridgehead atoms. The third-order valence-electron chi connectivity index (χ3n) is 5.81. The summed E-state index contributed by atoms with van der Waals surface area (Å²) in [6.07, 6.45) is 0.434. The van der Waals surface area contributed by atoms with E-state index in [1.807, 2.05) is 75.4 Å². The van der Waals surface area contributed by atoms with Crippen LogP contribution >= 0.6 is 23.4 Å². The average molecular weight is 537 g/mol. The fourth-order valence-corrected chi connectivity index (χ4v) is 5.26. The van der Waals surface area contributed by atoms with Crippen LogP contribution in [-0.2, 0) is 28.3 Å². The van der Waals surface area contributed by atoms with Crippen molar-refractivity contribution in [2.45, 2.75) is 64.9 Å². The Labute approximate surface area is 230 Å². The van der Waals surface area contributed by atoms with E-state index in [1.165, 1.54) is 16.7 Å². The fraction of sp³-hybridized carbons (Fsp3) is 0.355. The van der Waals surface area contributed by atoms with Crippen LogP contribution in [0.15, 0.2) is 72.8 Å². The molecule has 0 aliphatic carbocycles. The number of nitrogens with zero attached hydrogens (tertiary/aromatic N) is 1. The molecule has 3 aromatic carbocycles. The number of hydrogen-bond donors (Lipinski definition) is 1. The zero-order chi connectivity index (χ0) is 27.0. The first-order valence-electron chi connectivity index (χ1n) is 12.5. The first kappa shape index (κ1) is 28.8. The van der Waals surface area contributed by atoms with Crippen LogP contribution in [0.2, 0.25) is 5.02 Å². The van der Waals surface area contributed by atoms with E-state index in [0.29, 0.717) is 18.0 Å². The number of thioether (sulfide) groups is 1. The second-order valence-corrected chi connectivity index (χ2v) is 12.0. The molecule has 3 aromatic rings. The van der Waals surface area contributed by atoms with Gasteiger partial charge in [-0.15, -0.1) is 11.8 Å². The summed E-state index contributed by atoms with van der Waals surface area (Å²) in [5.41, 5.74) is 5.15. The SMILES string of the molecule is Cc1cc(C)cc(CSCC(=O)N(Cc2ccc(Cl)cc2)[C@H](Cc2ccccc2)C(=O)NC(C)(C)C)c1. The maximum Gasteiger partial charge on any atom is 0.243 e. The van der Waals surface area contributed by atoms with Gasteiger partial charge < -0.3 is 10.2 Å². The second-order valence-electron chi connectivity index (χ2n) is 10.6. The molecule has 6 heteroatoms. The number of halogens is 1. The number of rotatable bonds is 10. The van der Waals surface area contributed by atoms with Crippen molar-refractivity contribution in [2.75, 3.05) is 5.75 Å². The Balaban J connectivity index is 1.87. The number of carbonyl (C=O) groups excluding carboxylic acids is 2. The molecule has 0 spiro atoms. The lowest BCUT2D eigenvalue weighted by Gasteiger charge is -2.34. The molecule has 0 aromatic heterocycles. The minimum Gasteiger partial charge on any atom is -0.350 e. The summed E-state index contributed by atoms with van der Waals surface area (Å²) >= 11 is 7.68. The van der Waals surface area contributed by atoms with Gasteiger partial charge in [0.25, 0.3) is 0 Å². The van der Waals surface area contributed by atoms with Gasteiger partial charge in [-0.25, -0.2) is 0 Å². The van der Waals surface area contributed by atoms with Gasteiger partial charge in [-0.2, -0.15) is 0 Å². The maximum atomic E-state index is 13.7. The molecule has 0 saturated heterocycles. The van der Waals surface area contributed by atoms with Crippen LogP contribution in [0.4, 0.5) is 0 Å². The topological polar surface area (TPSA) is 49.4 Å². The van der Waals surface area contributed by atoms with Gasteiger partial charge in [0.2, 0.25) is 11.8 Å². The van der Waals surface area contributed by atoms with Crippen LogP contribution in [0.1, 0.15) is 48.6 Å². The van der Waals surface area contributed by atoms with Gasteiger partial charge >= 0.3 is 0 Å². The van der Waals surface area contributed by atoms with E-state index in [-0.39, 0.29) is 17.6 Å². The zero-order valence-electron chi connectivity index (χ0n) is 22.4. The van der Waals surface area contributed by atoms with E-state index < -0.39 is 11.6 Å². The molecule has 0 aliphatic heterocycles. The molecule has 1 N–H and O–H groups in total. The highest BCUT2D eigenvalue weighted by molar-refractivity contribution is 7.99. The first-order valence-corrected chi connectivity index (χ1v) is 14.1. The van der Waals surface area contributed by atoms with Crippen molar-refractivity contribution in [3.05, 3.63) is 106 Å². The largest absolute Gasteiger partial charge is 0.350 e. The normalized spacial score (nSPS) is 12.2. The molecule has 0 fully saturated rings. The molecule has 37 heavy (non-hydrogen) atoms. The van der Waals surface area contributed by atoms with Crippen LogP contribution in [0.5, 0.6) is 0 Å². The summed E-state index contributed by atoms with van der Waals surface area (Å²) in [6.45, 7) is 10.4. The van der Waals surface area contributed by atoms with Crippen LogP contribution in [0, 0.1) is 13.8 Å². The van der Waals surface area contributed by atoms with E-state index in [9.17, 15) is 9.59 Å². The Hall–Kier alpha value is -2.76. The lowest BCUT2D eigenvalue weighted by atomic mass is 10.0. The number of benzene rings is 3. The third kappa shape index (κ3) is 9.56. The van der Waals surface area contributed by atoms with Gasteiger partial charge in [0.15, 0.2) is 0 Å². The van der Waals surface area contributed by atoms with Crippen molar-refractivity contribution >= 4 is 35.2 Å². The molecule has 0 aliphatic rings. The Morgan fingerprint density at radius 1 is 0.892 bits per heavy atom. The van der Waals surface area contributed by atoms with Crippen LogP contribution < -0.4 is 5.32 Å². The highest BCUT2D eigenvalue weighted by Crippen LogP contribution is 2.21. The molecule has 4 nitrogen and oxygen atoms in total. The lowest BCUT2D eigenvalue weighted by Crippen LogP contribution is -2.54. The van der Waals surface area contributed by atoms with Gasteiger partial charge in [-0.1, -0.05) is 83.4 Å². The summed E-state index contributed by atoms with van der Waals surface area (Å²) in [5.74, 6) is 0.808. The number of aryl methyl sites for hydroxylation is 2. The van der Waals surface area contributed by atoms with E-state index >= 15 is 0 Å². The molecule has 0 saturated carbocycles. The van der Waals surface area contributed by atoms with Crippen molar-refractivity contribution in [3.8, 4) is 0 Å². The monoisotopic (exact) mass is 536 g/mol. The summed E-state index contributed by atoms with van der Waals surface area (Å²) in [7, 11) is 0. The van der Waals surface area contributed by atoms with E-state index in [0.717, 1.165) is 16.9 Å². The quantitative estimate of drug-likeness (QED) is 0.312. The minimum atomic E-state index is -0.647. The van der Waals surface area contributed by atoms with Crippen molar-refractivity contribution in [3.63, 3.8) is 0 Å². The van der Waals surface area contributed by atoms with Crippen molar-refractivity contribution in [1.82, 2.24) is 10.2 Å². The number of nitrogens with one attached hydrogen (secondary N) is 1. The van der Waals surface area contributed by atoms with Crippen LogP contribution in [-0.4, -0.2) is 34.0 Å². The van der Waals surface area contributed by atoms with Crippen LogP contribution in [0.3, 0.4) is 0 Å². The lowest BCUT2D eigenvalue weighted by molar-refractivity contribution is -0.140. The van der Waals surface area contributed by atoms with Gasteiger partial charge in [-0.3, -0.25) is 9.59 Å². The van der Waals surface area contributed by atoms with Crippen LogP contribution in [0.25, 0.3) is 0 Å². The highest BCUT2D eigenvalue weighted by atomic mass is 35.5. The first-order chi connectivity index (χ1) is 17.5. The highest BCUT2D eigenvalue weighted by Gasteiger charge is 2.32. The molecular weight excluding hydrogens is 500 g/mol. The summed E-state index contributed by atoms with van der Waals surface area (Å²) in [6, 6.07) is 23.1. The molecule has 196 valence electrons. The van der Waals surface area contributed by atoms with E-state index in [1.54, 1.807) is 16.7 Å². The van der Waals surface area contributed by atoms with Crippen molar-refractivity contribution in [2.24, 2.45) is 0 Å². The molecule has 1 atom stereocenters. The standard InChI is InChI=1S/C31H37ClN2O2S/c1-22-15-23(2)17-26(16-22)20-37-21-29(35)34(19-25-11-13-27(32)14-12-25)28(30(36)33-31(3,4)5)18-24-9-7-6-8-10-24/h6-17,28H,18-21H2,1-5H3,(H,33,36)/t28-/m1/s1. The predicted octanol–water partition coefficient (Wildman–Crippen LogP) is 6.74. The summed E-state index contributed by atoms with van der Waals surface area (Å²) in [5, 5.41) is 3.74. The van der Waals surface area contributed by atoms with E-state index in [2.05, 4.69) is 37.4 Å². The minimum absolute atomic E-state index is 0.0608. The predicted molar refractivity (Wildman–Crippen MR) is 156 cm³/mol. The Morgan fingerprint density at radius 2 is 1.51 bits per heavy atom. The Bertz CT molecular complexity index is 1170. The van der Waals surface area contributed by atoms with Gasteiger partial charge in [0, 0.05) is 29.3 Å². The number of carbonyl (C=O) groups is 2. The Kier molecular flexibility index (Phi) is 10.2. The molecule has 0 heterocycles. The van der Waals surface area contributed by atoms with E-state index in [4.69, 9.17) is 11.6 Å². The molecule has 2 amide bonds. The van der Waals surface area contributed by atoms with Crippen molar-refractivity contribution in [1.29, 1.82) is 0 Å². The smallest absolute Gasteiger partial charge is 0.243 e. The van der Waals surface area contributed by atoms with Crippen molar-refractivity contribution < 1.29 is 9.59 Å². The fourth-order valence-electron chi connectivity index (χ4n) is 4.28. The van der Waals surface area contributed by atoms with Gasteiger partial charge in [0.1, 0.15) is 6.04 Å². The van der Waals surface area contributed by atoms with Gasteiger partial charge in [-0.05, 0) is 63.4 Å². The summed E-state index contributed by atoms with van der Waals surface area (Å²) in [4.78, 5) is 29.1. The Morgan fingerprint density at radius 3 is 2.11 bits per heavy atom. The number of hydrogen-bond acceptors (Lipinski definition) is 3. The number of amides is 2. The average Bonchev–Trinajstić information content (AvgIpc) is 2.81. The molecule has 3 rings (SSSR count). The second kappa shape index (κ2) is 13.2. The summed E-state index contributed by atoms with van der Waals surface area (Å²) < 4.78 is 0. The van der Waals surface area contributed by atoms with Gasteiger partial charge in [0.05, 0.1) is 5.75 Å². The molecule has 0 radical (unpaired) electrons. The maximum absolute atomic E-state index is 13.7. The zero-order valence-corrected chi connectivity index (χ0v) is 24.0.